The minimum Gasteiger partial charge on any atom is -0.103 e. The number of allylic oxidation sites excluding steroid dienone is 1. The van der Waals surface area contributed by atoms with Crippen LogP contribution in [0.1, 0.15) is 40.0 Å². The van der Waals surface area contributed by atoms with Crippen LogP contribution < -0.4 is 0 Å². The molecule has 1 aliphatic carbocycles. The third-order valence-electron chi connectivity index (χ3n) is 2.76. The second-order valence-corrected chi connectivity index (χ2v) is 4.68. The minimum atomic E-state index is 0.521. The van der Waals surface area contributed by atoms with Gasteiger partial charge < -0.3 is 0 Å². The van der Waals surface area contributed by atoms with Crippen molar-refractivity contribution in [2.24, 2.45) is 17.3 Å². The van der Waals surface area contributed by atoms with Gasteiger partial charge in [-0.2, -0.15) is 0 Å². The molecule has 0 nitrogen and oxygen atoms in total. The molecule has 0 unspecified atom stereocenters. The van der Waals surface area contributed by atoms with Crippen LogP contribution in [0.2, 0.25) is 0 Å². The summed E-state index contributed by atoms with van der Waals surface area (Å²) in [5.74, 6) is 1.76. The monoisotopic (exact) mass is 152 g/mol. The summed E-state index contributed by atoms with van der Waals surface area (Å²) in [7, 11) is 0. The van der Waals surface area contributed by atoms with Gasteiger partial charge in [0, 0.05) is 0 Å². The van der Waals surface area contributed by atoms with E-state index in [2.05, 4.69) is 33.4 Å². The van der Waals surface area contributed by atoms with Gasteiger partial charge in [0.25, 0.3) is 0 Å². The van der Waals surface area contributed by atoms with E-state index in [9.17, 15) is 0 Å². The van der Waals surface area contributed by atoms with Crippen molar-refractivity contribution in [3.63, 3.8) is 0 Å². The summed E-state index contributed by atoms with van der Waals surface area (Å²) in [5.41, 5.74) is 0.521. The van der Waals surface area contributed by atoms with Crippen molar-refractivity contribution in [1.29, 1.82) is 0 Å². The Morgan fingerprint density at radius 2 is 2.09 bits per heavy atom. The molecule has 1 saturated carbocycles. The molecular formula is C11H20. The summed E-state index contributed by atoms with van der Waals surface area (Å²) in [6, 6.07) is 0. The summed E-state index contributed by atoms with van der Waals surface area (Å²) in [6.45, 7) is 10.9. The molecule has 1 aliphatic rings. The maximum Gasteiger partial charge on any atom is -0.0113 e. The van der Waals surface area contributed by atoms with Crippen molar-refractivity contribution in [2.75, 3.05) is 0 Å². The molecule has 0 bridgehead atoms. The molecule has 64 valence electrons. The van der Waals surface area contributed by atoms with E-state index in [1.165, 1.54) is 19.3 Å². The highest BCUT2D eigenvalue weighted by atomic mass is 14.4. The Hall–Kier alpha value is -0.260. The molecule has 0 N–H and O–H groups in total. The van der Waals surface area contributed by atoms with Gasteiger partial charge in [-0.25, -0.2) is 0 Å². The predicted octanol–water partition coefficient (Wildman–Crippen LogP) is 3.63. The van der Waals surface area contributed by atoms with Crippen LogP contribution in [0.25, 0.3) is 0 Å². The Kier molecular flexibility index (Phi) is 2.41. The Labute approximate surface area is 70.7 Å². The van der Waals surface area contributed by atoms with Crippen LogP contribution in [0.4, 0.5) is 0 Å². The summed E-state index contributed by atoms with van der Waals surface area (Å²) < 4.78 is 0. The molecular weight excluding hydrogens is 132 g/mol. The lowest BCUT2D eigenvalue weighted by atomic mass is 9.59. The SMILES string of the molecule is C=CC1(CC(C)C)CC(C)C1. The molecule has 0 heteroatoms. The summed E-state index contributed by atoms with van der Waals surface area (Å²) in [4.78, 5) is 0. The predicted molar refractivity (Wildman–Crippen MR) is 50.5 cm³/mol. The molecule has 0 saturated heterocycles. The van der Waals surface area contributed by atoms with Crippen LogP contribution in [0.5, 0.6) is 0 Å². The normalized spacial score (nSPS) is 36.9. The average Bonchev–Trinajstić information content (AvgIpc) is 1.82. The second-order valence-electron chi connectivity index (χ2n) is 4.68. The van der Waals surface area contributed by atoms with Crippen molar-refractivity contribution >= 4 is 0 Å². The first-order valence-electron chi connectivity index (χ1n) is 4.71. The Morgan fingerprint density at radius 3 is 2.36 bits per heavy atom. The highest BCUT2D eigenvalue weighted by molar-refractivity contribution is 5.03. The lowest BCUT2D eigenvalue weighted by molar-refractivity contribution is 0.0957. The molecule has 0 atom stereocenters. The van der Waals surface area contributed by atoms with Crippen molar-refractivity contribution < 1.29 is 0 Å². The van der Waals surface area contributed by atoms with E-state index >= 15 is 0 Å². The minimum absolute atomic E-state index is 0.521. The van der Waals surface area contributed by atoms with Crippen LogP contribution in [0.3, 0.4) is 0 Å². The molecule has 0 heterocycles. The third-order valence-corrected chi connectivity index (χ3v) is 2.76. The maximum atomic E-state index is 3.94. The lowest BCUT2D eigenvalue weighted by Gasteiger charge is -2.45. The van der Waals surface area contributed by atoms with E-state index < -0.39 is 0 Å². The molecule has 0 aromatic rings. The van der Waals surface area contributed by atoms with Gasteiger partial charge in [0.1, 0.15) is 0 Å². The quantitative estimate of drug-likeness (QED) is 0.542. The van der Waals surface area contributed by atoms with Crippen LogP contribution in [-0.2, 0) is 0 Å². The van der Waals surface area contributed by atoms with Crippen molar-refractivity contribution in [3.8, 4) is 0 Å². The second kappa shape index (κ2) is 3.00. The topological polar surface area (TPSA) is 0 Å². The molecule has 1 rings (SSSR count). The molecule has 0 radical (unpaired) electrons. The molecule has 0 amide bonds. The van der Waals surface area contributed by atoms with E-state index in [0.29, 0.717) is 5.41 Å². The van der Waals surface area contributed by atoms with Gasteiger partial charge in [-0.1, -0.05) is 26.8 Å². The van der Waals surface area contributed by atoms with Crippen LogP contribution in [0.15, 0.2) is 12.7 Å². The molecule has 0 spiro atoms. The molecule has 0 aliphatic heterocycles. The fraction of sp³-hybridized carbons (Fsp3) is 0.818. The van der Waals surface area contributed by atoms with Gasteiger partial charge in [-0.3, -0.25) is 0 Å². The van der Waals surface area contributed by atoms with Gasteiger partial charge in [0.2, 0.25) is 0 Å². The Balaban J connectivity index is 2.44. The van der Waals surface area contributed by atoms with Gasteiger partial charge >= 0.3 is 0 Å². The Morgan fingerprint density at radius 1 is 1.55 bits per heavy atom. The van der Waals surface area contributed by atoms with E-state index in [1.807, 2.05) is 0 Å². The van der Waals surface area contributed by atoms with Crippen LogP contribution in [0, 0.1) is 17.3 Å². The number of hydrogen-bond donors (Lipinski definition) is 0. The maximum absolute atomic E-state index is 3.94. The molecule has 0 aromatic carbocycles. The number of rotatable bonds is 3. The first-order chi connectivity index (χ1) is 5.08. The zero-order valence-electron chi connectivity index (χ0n) is 8.06. The summed E-state index contributed by atoms with van der Waals surface area (Å²) in [6.07, 6.45) is 6.26. The van der Waals surface area contributed by atoms with Crippen LogP contribution >= 0.6 is 0 Å². The summed E-state index contributed by atoms with van der Waals surface area (Å²) in [5, 5.41) is 0. The summed E-state index contributed by atoms with van der Waals surface area (Å²) >= 11 is 0. The zero-order chi connectivity index (χ0) is 8.48. The zero-order valence-corrected chi connectivity index (χ0v) is 8.06. The first-order valence-corrected chi connectivity index (χ1v) is 4.71. The van der Waals surface area contributed by atoms with Crippen LogP contribution in [-0.4, -0.2) is 0 Å². The van der Waals surface area contributed by atoms with E-state index in [4.69, 9.17) is 0 Å². The standard InChI is InChI=1S/C11H20/c1-5-11(6-9(2)3)7-10(4)8-11/h5,9-10H,1,6-8H2,2-4H3. The van der Waals surface area contributed by atoms with Gasteiger partial charge in [-0.05, 0) is 36.5 Å². The van der Waals surface area contributed by atoms with Crippen molar-refractivity contribution in [3.05, 3.63) is 12.7 Å². The van der Waals surface area contributed by atoms with E-state index in [0.717, 1.165) is 11.8 Å². The smallest absolute Gasteiger partial charge is 0.0113 e. The van der Waals surface area contributed by atoms with Gasteiger partial charge in [-0.15, -0.1) is 6.58 Å². The van der Waals surface area contributed by atoms with Gasteiger partial charge in [0.05, 0.1) is 0 Å². The lowest BCUT2D eigenvalue weighted by Crippen LogP contribution is -2.34. The number of hydrogen-bond acceptors (Lipinski definition) is 0. The Bertz CT molecular complexity index is 138. The van der Waals surface area contributed by atoms with E-state index in [-0.39, 0.29) is 0 Å². The molecule has 0 aromatic heterocycles. The van der Waals surface area contributed by atoms with E-state index in [1.54, 1.807) is 0 Å². The highest BCUT2D eigenvalue weighted by Crippen LogP contribution is 2.50. The highest BCUT2D eigenvalue weighted by Gasteiger charge is 2.39. The third kappa shape index (κ3) is 1.85. The molecule has 1 fully saturated rings. The fourth-order valence-electron chi connectivity index (χ4n) is 2.56. The van der Waals surface area contributed by atoms with Crippen molar-refractivity contribution in [1.82, 2.24) is 0 Å². The fourth-order valence-corrected chi connectivity index (χ4v) is 2.56. The molecule has 11 heavy (non-hydrogen) atoms. The van der Waals surface area contributed by atoms with Gasteiger partial charge in [0.15, 0.2) is 0 Å². The first kappa shape index (κ1) is 8.83. The largest absolute Gasteiger partial charge is 0.103 e. The average molecular weight is 152 g/mol. The van der Waals surface area contributed by atoms with Crippen molar-refractivity contribution in [2.45, 2.75) is 40.0 Å².